The largest absolute Gasteiger partial charge is 0.481 e. The monoisotopic (exact) mass is 477 g/mol. The lowest BCUT2D eigenvalue weighted by Gasteiger charge is -2.22. The SMILES string of the molecule is CN[C@@H](CC(=O)O)C(=O)N[C@@H](CCSCC[C@H](NC)C(=O)N[C@H](C(N)=O)[C@@H](C)O)C(C)=O. The van der Waals surface area contributed by atoms with Gasteiger partial charge in [0.15, 0.2) is 5.78 Å². The summed E-state index contributed by atoms with van der Waals surface area (Å²) in [6.07, 6.45) is -0.770. The maximum absolute atomic E-state index is 12.3. The van der Waals surface area contributed by atoms with Gasteiger partial charge in [-0.3, -0.25) is 24.0 Å². The lowest BCUT2D eigenvalue weighted by Crippen LogP contribution is -2.55. The fraction of sp³-hybridized carbons (Fsp3) is 0.737. The third-order valence-corrected chi connectivity index (χ3v) is 5.75. The van der Waals surface area contributed by atoms with Crippen LogP contribution in [0.15, 0.2) is 0 Å². The maximum Gasteiger partial charge on any atom is 0.305 e. The Bertz CT molecular complexity index is 662. The second-order valence-corrected chi connectivity index (χ2v) is 8.50. The molecule has 0 saturated carbocycles. The number of rotatable bonds is 17. The number of nitrogens with two attached hydrogens (primary N) is 1. The molecule has 5 atom stereocenters. The number of hydrogen-bond acceptors (Lipinski definition) is 9. The lowest BCUT2D eigenvalue weighted by molar-refractivity contribution is -0.140. The Morgan fingerprint density at radius 1 is 0.906 bits per heavy atom. The zero-order valence-corrected chi connectivity index (χ0v) is 19.7. The Kier molecular flexibility index (Phi) is 14.5. The quantitative estimate of drug-likeness (QED) is 0.111. The molecule has 0 rings (SSSR count). The minimum Gasteiger partial charge on any atom is -0.481 e. The molecule has 12 nitrogen and oxygen atoms in total. The number of carbonyl (C=O) groups is 5. The highest BCUT2D eigenvalue weighted by Gasteiger charge is 2.27. The molecule has 0 aliphatic carbocycles. The topological polar surface area (TPSA) is 200 Å². The predicted octanol–water partition coefficient (Wildman–Crippen LogP) is -2.42. The number of hydrogen-bond donors (Lipinski definition) is 7. The molecule has 8 N–H and O–H groups in total. The zero-order chi connectivity index (χ0) is 24.8. The fourth-order valence-electron chi connectivity index (χ4n) is 2.74. The number of likely N-dealkylation sites (N-methyl/N-ethyl adjacent to an activating group) is 2. The summed E-state index contributed by atoms with van der Waals surface area (Å²) in [5.41, 5.74) is 5.18. The molecule has 184 valence electrons. The van der Waals surface area contributed by atoms with Crippen molar-refractivity contribution in [1.29, 1.82) is 0 Å². The van der Waals surface area contributed by atoms with Crippen molar-refractivity contribution in [3.63, 3.8) is 0 Å². The van der Waals surface area contributed by atoms with Crippen LogP contribution in [-0.2, 0) is 24.0 Å². The van der Waals surface area contributed by atoms with Crippen LogP contribution in [0.3, 0.4) is 0 Å². The van der Waals surface area contributed by atoms with Crippen LogP contribution in [0.1, 0.15) is 33.1 Å². The van der Waals surface area contributed by atoms with Gasteiger partial charge in [-0.15, -0.1) is 0 Å². The van der Waals surface area contributed by atoms with E-state index >= 15 is 0 Å². The number of primary amides is 1. The van der Waals surface area contributed by atoms with Crippen molar-refractivity contribution in [3.05, 3.63) is 0 Å². The van der Waals surface area contributed by atoms with Crippen LogP contribution >= 0.6 is 11.8 Å². The summed E-state index contributed by atoms with van der Waals surface area (Å²) in [6, 6.07) is -3.49. The summed E-state index contributed by atoms with van der Waals surface area (Å²) in [5, 5.41) is 28.8. The van der Waals surface area contributed by atoms with E-state index in [1.807, 2.05) is 0 Å². The van der Waals surface area contributed by atoms with Crippen LogP contribution in [0.5, 0.6) is 0 Å². The highest BCUT2D eigenvalue weighted by molar-refractivity contribution is 7.99. The molecule has 0 spiro atoms. The van der Waals surface area contributed by atoms with Gasteiger partial charge >= 0.3 is 5.97 Å². The fourth-order valence-corrected chi connectivity index (χ4v) is 3.75. The number of ketones is 1. The van der Waals surface area contributed by atoms with E-state index in [1.54, 1.807) is 7.05 Å². The molecule has 0 aromatic carbocycles. The molecule has 0 heterocycles. The summed E-state index contributed by atoms with van der Waals surface area (Å²) < 4.78 is 0. The van der Waals surface area contributed by atoms with Crippen molar-refractivity contribution in [1.82, 2.24) is 21.3 Å². The van der Waals surface area contributed by atoms with Gasteiger partial charge in [0.25, 0.3) is 0 Å². The molecular weight excluding hydrogens is 442 g/mol. The number of aliphatic hydroxyl groups is 1. The Labute approximate surface area is 191 Å². The van der Waals surface area contributed by atoms with Crippen LogP contribution in [0.25, 0.3) is 0 Å². The van der Waals surface area contributed by atoms with Gasteiger partial charge in [-0.25, -0.2) is 0 Å². The van der Waals surface area contributed by atoms with Gasteiger partial charge in [0.1, 0.15) is 6.04 Å². The van der Waals surface area contributed by atoms with E-state index in [4.69, 9.17) is 10.8 Å². The number of Topliss-reactive ketones (excluding diaryl/α,β-unsaturated/α-hetero) is 1. The van der Waals surface area contributed by atoms with Gasteiger partial charge in [-0.1, -0.05) is 0 Å². The van der Waals surface area contributed by atoms with E-state index in [2.05, 4.69) is 21.3 Å². The number of aliphatic hydroxyl groups excluding tert-OH is 1. The number of carbonyl (C=O) groups excluding carboxylic acids is 4. The molecule has 3 amide bonds. The maximum atomic E-state index is 12.3. The third-order valence-electron chi connectivity index (χ3n) is 4.70. The van der Waals surface area contributed by atoms with E-state index in [1.165, 1.54) is 32.7 Å². The second kappa shape index (κ2) is 15.6. The molecule has 0 saturated heterocycles. The van der Waals surface area contributed by atoms with Gasteiger partial charge in [0.05, 0.1) is 30.7 Å². The second-order valence-electron chi connectivity index (χ2n) is 7.27. The van der Waals surface area contributed by atoms with Gasteiger partial charge in [0.2, 0.25) is 17.7 Å². The Morgan fingerprint density at radius 3 is 1.81 bits per heavy atom. The first-order chi connectivity index (χ1) is 14.9. The van der Waals surface area contributed by atoms with E-state index in [9.17, 15) is 29.1 Å². The van der Waals surface area contributed by atoms with Gasteiger partial charge in [0, 0.05) is 0 Å². The number of amides is 3. The van der Waals surface area contributed by atoms with Crippen LogP contribution in [0.2, 0.25) is 0 Å². The van der Waals surface area contributed by atoms with Crippen LogP contribution in [0, 0.1) is 0 Å². The van der Waals surface area contributed by atoms with Crippen molar-refractivity contribution in [2.45, 2.75) is 63.4 Å². The highest BCUT2D eigenvalue weighted by atomic mass is 32.2. The highest BCUT2D eigenvalue weighted by Crippen LogP contribution is 2.10. The van der Waals surface area contributed by atoms with Crippen LogP contribution in [-0.4, -0.2) is 95.6 Å². The molecule has 0 bridgehead atoms. The molecule has 0 aromatic heterocycles. The molecule has 0 aliphatic heterocycles. The van der Waals surface area contributed by atoms with Gasteiger partial charge in [-0.05, 0) is 52.3 Å². The number of aliphatic carboxylic acids is 1. The van der Waals surface area contributed by atoms with Crippen LogP contribution < -0.4 is 27.0 Å². The number of carboxylic acids is 1. The standard InChI is InChI=1S/C19H35N5O7S/c1-10(25)12(23-19(31)14(22-4)9-15(27)28)5-7-32-8-6-13(21-3)18(30)24-16(11(2)26)17(20)29/h11-14,16,21-22,26H,5-9H2,1-4H3,(H2,20,29)(H,23,31)(H,24,30)(H,27,28)/t11-,12+,13+,14+,16+/m1/s1. The minimum absolute atomic E-state index is 0.243. The summed E-state index contributed by atoms with van der Waals surface area (Å²) in [7, 11) is 3.06. The zero-order valence-electron chi connectivity index (χ0n) is 18.8. The Morgan fingerprint density at radius 2 is 1.41 bits per heavy atom. The molecular formula is C19H35N5O7S. The minimum atomic E-state index is -1.19. The first-order valence-electron chi connectivity index (χ1n) is 10.2. The average molecular weight is 478 g/mol. The third kappa shape index (κ3) is 11.4. The molecule has 0 aliphatic rings. The number of carboxylic acid groups (broad SMARTS) is 1. The predicted molar refractivity (Wildman–Crippen MR) is 120 cm³/mol. The summed E-state index contributed by atoms with van der Waals surface area (Å²) in [6.45, 7) is 2.70. The Hall–Kier alpha value is -2.22. The van der Waals surface area contributed by atoms with E-state index in [0.29, 0.717) is 24.3 Å². The molecule has 0 unspecified atom stereocenters. The summed E-state index contributed by atoms with van der Waals surface area (Å²) in [4.78, 5) is 58.5. The normalized spacial score (nSPS) is 15.7. The van der Waals surface area contributed by atoms with Crippen molar-refractivity contribution >= 4 is 41.2 Å². The average Bonchev–Trinajstić information content (AvgIpc) is 2.70. The molecule has 0 radical (unpaired) electrons. The summed E-state index contributed by atoms with van der Waals surface area (Å²) in [5.74, 6) is -2.17. The smallest absolute Gasteiger partial charge is 0.305 e. The first kappa shape index (κ1) is 29.8. The summed E-state index contributed by atoms with van der Waals surface area (Å²) >= 11 is 1.47. The van der Waals surface area contributed by atoms with Gasteiger partial charge < -0.3 is 37.2 Å². The van der Waals surface area contributed by atoms with Crippen LogP contribution in [0.4, 0.5) is 0 Å². The van der Waals surface area contributed by atoms with Crippen molar-refractivity contribution < 1.29 is 34.2 Å². The lowest BCUT2D eigenvalue weighted by atomic mass is 10.1. The molecule has 32 heavy (non-hydrogen) atoms. The van der Waals surface area contributed by atoms with E-state index < -0.39 is 60.4 Å². The molecule has 0 fully saturated rings. The first-order valence-corrected chi connectivity index (χ1v) is 11.3. The van der Waals surface area contributed by atoms with E-state index in [0.717, 1.165) is 0 Å². The van der Waals surface area contributed by atoms with Gasteiger partial charge in [-0.2, -0.15) is 11.8 Å². The Balaban J connectivity index is 4.57. The van der Waals surface area contributed by atoms with E-state index in [-0.39, 0.29) is 5.78 Å². The molecule has 0 aromatic rings. The number of thioether (sulfide) groups is 1. The number of nitrogens with one attached hydrogen (secondary N) is 4. The van der Waals surface area contributed by atoms with Crippen molar-refractivity contribution in [2.24, 2.45) is 5.73 Å². The van der Waals surface area contributed by atoms with Crippen molar-refractivity contribution in [3.8, 4) is 0 Å². The molecule has 13 heteroatoms. The van der Waals surface area contributed by atoms with Crippen molar-refractivity contribution in [2.75, 3.05) is 25.6 Å².